The van der Waals surface area contributed by atoms with Gasteiger partial charge in [0.1, 0.15) is 12.6 Å². The van der Waals surface area contributed by atoms with Crippen molar-refractivity contribution in [2.24, 2.45) is 5.41 Å². The third-order valence-electron chi connectivity index (χ3n) is 7.10. The van der Waals surface area contributed by atoms with Gasteiger partial charge >= 0.3 is 12.0 Å². The summed E-state index contributed by atoms with van der Waals surface area (Å²) in [6.07, 6.45) is 4.62. The van der Waals surface area contributed by atoms with Crippen LogP contribution in [0.3, 0.4) is 0 Å². The van der Waals surface area contributed by atoms with Crippen LogP contribution < -0.4 is 9.47 Å². The number of methoxy groups -OCH3 is 1. The molecule has 176 valence electrons. The molecule has 1 saturated carbocycles. The van der Waals surface area contributed by atoms with E-state index in [0.29, 0.717) is 25.5 Å². The summed E-state index contributed by atoms with van der Waals surface area (Å²) in [7, 11) is 1.56. The lowest BCUT2D eigenvalue weighted by molar-refractivity contribution is -0.142. The fourth-order valence-corrected chi connectivity index (χ4v) is 4.96. The molecule has 7 heteroatoms. The van der Waals surface area contributed by atoms with Crippen LogP contribution in [-0.2, 0) is 17.9 Å². The maximum Gasteiger partial charge on any atom is 0.320 e. The molecule has 2 heterocycles. The Morgan fingerprint density at radius 1 is 1.15 bits per heavy atom. The van der Waals surface area contributed by atoms with Crippen molar-refractivity contribution >= 4 is 5.97 Å². The lowest BCUT2D eigenvalue weighted by Crippen LogP contribution is -2.35. The summed E-state index contributed by atoms with van der Waals surface area (Å²) in [5, 5.41) is 9.66. The molecule has 5 rings (SSSR count). The number of benzene rings is 2. The fourth-order valence-electron chi connectivity index (χ4n) is 4.96. The van der Waals surface area contributed by atoms with Crippen molar-refractivity contribution in [2.75, 3.05) is 13.7 Å². The molecule has 1 aliphatic heterocycles. The van der Waals surface area contributed by atoms with Crippen LogP contribution in [0.4, 0.5) is 0 Å². The van der Waals surface area contributed by atoms with Crippen LogP contribution in [0, 0.1) is 12.3 Å². The molecule has 1 aliphatic carbocycles. The van der Waals surface area contributed by atoms with Crippen LogP contribution in [0.1, 0.15) is 36.0 Å². The first-order valence-corrected chi connectivity index (χ1v) is 11.6. The minimum Gasteiger partial charge on any atom is -0.481 e. The van der Waals surface area contributed by atoms with Crippen LogP contribution >= 0.6 is 0 Å². The first-order valence-electron chi connectivity index (χ1n) is 11.6. The fraction of sp³-hybridized carbons (Fsp3) is 0.370. The molecule has 34 heavy (non-hydrogen) atoms. The van der Waals surface area contributed by atoms with E-state index in [0.717, 1.165) is 36.1 Å². The monoisotopic (exact) mass is 459 g/mol. The van der Waals surface area contributed by atoms with Crippen molar-refractivity contribution in [3.05, 3.63) is 71.4 Å². The molecule has 1 unspecified atom stereocenters. The second kappa shape index (κ2) is 9.06. The topological polar surface area (TPSA) is 84.8 Å². The summed E-state index contributed by atoms with van der Waals surface area (Å²) in [6.45, 7) is 3.67. The number of carbonyl (C=O) groups is 1. The Hall–Kier alpha value is -3.45. The van der Waals surface area contributed by atoms with Crippen LogP contribution in [-0.4, -0.2) is 45.6 Å². The quantitative estimate of drug-likeness (QED) is 0.532. The van der Waals surface area contributed by atoms with Gasteiger partial charge < -0.3 is 14.6 Å². The zero-order valence-corrected chi connectivity index (χ0v) is 19.5. The van der Waals surface area contributed by atoms with Crippen LogP contribution in [0.15, 0.2) is 54.7 Å². The average Bonchev–Trinajstić information content (AvgIpc) is 3.51. The number of nitrogens with zero attached hydrogens (tertiary/aromatic N) is 3. The molecule has 1 N–H and O–H groups in total. The van der Waals surface area contributed by atoms with Gasteiger partial charge in [-0.2, -0.15) is 4.98 Å². The Bertz CT molecular complexity index is 1190. The van der Waals surface area contributed by atoms with Crippen molar-refractivity contribution in [2.45, 2.75) is 45.4 Å². The first kappa shape index (κ1) is 22.3. The predicted molar refractivity (Wildman–Crippen MR) is 128 cm³/mol. The minimum absolute atomic E-state index is 0.187. The molecule has 0 amide bonds. The average molecular weight is 460 g/mol. The highest BCUT2D eigenvalue weighted by atomic mass is 16.5. The van der Waals surface area contributed by atoms with Crippen molar-refractivity contribution in [1.29, 1.82) is 0 Å². The molecule has 1 spiro atoms. The second-order valence-corrected chi connectivity index (χ2v) is 9.39. The molecular formula is C27H29N3O4. The third kappa shape index (κ3) is 4.48. The van der Waals surface area contributed by atoms with Crippen LogP contribution in [0.5, 0.6) is 11.9 Å². The van der Waals surface area contributed by atoms with E-state index < -0.39 is 12.0 Å². The van der Waals surface area contributed by atoms with E-state index in [4.69, 9.17) is 9.47 Å². The summed E-state index contributed by atoms with van der Waals surface area (Å²) in [5.41, 5.74) is 5.50. The normalized spacial score (nSPS) is 18.7. The van der Waals surface area contributed by atoms with Crippen molar-refractivity contribution in [3.8, 4) is 23.0 Å². The van der Waals surface area contributed by atoms with E-state index in [1.54, 1.807) is 13.3 Å². The number of carboxylic acids is 1. The number of aromatic nitrogens is 2. The lowest BCUT2D eigenvalue weighted by atomic mass is 9.97. The van der Waals surface area contributed by atoms with Gasteiger partial charge in [-0.1, -0.05) is 48.5 Å². The van der Waals surface area contributed by atoms with Gasteiger partial charge in [0.15, 0.2) is 0 Å². The minimum atomic E-state index is -0.767. The molecule has 7 nitrogen and oxygen atoms in total. The molecule has 1 saturated heterocycles. The standard InChI is InChI=1S/C27H29N3O4/c1-18-20(9-6-10-22(18)19-7-4-3-5-8-19)16-34-26-28-14-21(24(29-26)33-2)15-30-17-27(11-12-27)13-23(30)25(31)32/h3-10,14,23H,11-13,15-17H2,1-2H3,(H,31,32). The first-order chi connectivity index (χ1) is 16.5. The maximum absolute atomic E-state index is 11.8. The van der Waals surface area contributed by atoms with E-state index in [-0.39, 0.29) is 11.4 Å². The van der Waals surface area contributed by atoms with E-state index >= 15 is 0 Å². The SMILES string of the molecule is COc1nc(OCc2cccc(-c3ccccc3)c2C)ncc1CN1CC2(CC2)CC1C(=O)O. The van der Waals surface area contributed by atoms with Gasteiger partial charge in [0.05, 0.1) is 7.11 Å². The highest BCUT2D eigenvalue weighted by Gasteiger charge is 2.53. The molecule has 1 aromatic heterocycles. The van der Waals surface area contributed by atoms with Crippen molar-refractivity contribution in [3.63, 3.8) is 0 Å². The Morgan fingerprint density at radius 3 is 2.65 bits per heavy atom. The summed E-state index contributed by atoms with van der Waals surface area (Å²) in [6, 6.07) is 16.2. The summed E-state index contributed by atoms with van der Waals surface area (Å²) < 4.78 is 11.4. The number of aliphatic carboxylic acids is 1. The Labute approximate surface area is 199 Å². The Morgan fingerprint density at radius 2 is 1.94 bits per heavy atom. The summed E-state index contributed by atoms with van der Waals surface area (Å²) in [5.74, 6) is -0.350. The summed E-state index contributed by atoms with van der Waals surface area (Å²) in [4.78, 5) is 22.6. The van der Waals surface area contributed by atoms with Gasteiger partial charge in [0.2, 0.25) is 5.88 Å². The zero-order valence-electron chi connectivity index (χ0n) is 19.5. The zero-order chi connectivity index (χ0) is 23.7. The molecule has 0 radical (unpaired) electrons. The smallest absolute Gasteiger partial charge is 0.320 e. The van der Waals surface area contributed by atoms with Crippen molar-refractivity contribution < 1.29 is 19.4 Å². The molecule has 0 bridgehead atoms. The van der Waals surface area contributed by atoms with Gasteiger partial charge in [0, 0.05) is 24.8 Å². The number of rotatable bonds is 8. The van der Waals surface area contributed by atoms with E-state index in [2.05, 4.69) is 35.1 Å². The molecular weight excluding hydrogens is 430 g/mol. The maximum atomic E-state index is 11.8. The number of likely N-dealkylation sites (tertiary alicyclic amines) is 1. The number of hydrogen-bond acceptors (Lipinski definition) is 6. The van der Waals surface area contributed by atoms with E-state index in [9.17, 15) is 9.90 Å². The van der Waals surface area contributed by atoms with Crippen molar-refractivity contribution in [1.82, 2.24) is 14.9 Å². The van der Waals surface area contributed by atoms with E-state index in [1.807, 2.05) is 35.2 Å². The van der Waals surface area contributed by atoms with E-state index in [1.165, 1.54) is 11.1 Å². The summed E-state index contributed by atoms with van der Waals surface area (Å²) >= 11 is 0. The molecule has 2 aromatic carbocycles. The molecule has 2 aliphatic rings. The highest BCUT2D eigenvalue weighted by molar-refractivity contribution is 5.74. The Balaban J connectivity index is 1.29. The number of ether oxygens (including phenoxy) is 2. The highest BCUT2D eigenvalue weighted by Crippen LogP contribution is 2.55. The van der Waals surface area contributed by atoms with Gasteiger partial charge in [-0.15, -0.1) is 0 Å². The van der Waals surface area contributed by atoms with Crippen LogP contribution in [0.25, 0.3) is 11.1 Å². The molecule has 3 aromatic rings. The van der Waals surface area contributed by atoms with Gasteiger partial charge in [-0.25, -0.2) is 4.98 Å². The largest absolute Gasteiger partial charge is 0.481 e. The van der Waals surface area contributed by atoms with Crippen LogP contribution in [0.2, 0.25) is 0 Å². The molecule has 2 fully saturated rings. The van der Waals surface area contributed by atoms with Gasteiger partial charge in [0.25, 0.3) is 0 Å². The number of carboxylic acid groups (broad SMARTS) is 1. The second-order valence-electron chi connectivity index (χ2n) is 9.39. The predicted octanol–water partition coefficient (Wildman–Crippen LogP) is 4.48. The van der Waals surface area contributed by atoms with Gasteiger partial charge in [-0.05, 0) is 53.9 Å². The molecule has 1 atom stereocenters. The van der Waals surface area contributed by atoms with Gasteiger partial charge in [-0.3, -0.25) is 9.69 Å². The number of hydrogen-bond donors (Lipinski definition) is 1. The Kier molecular flexibility index (Phi) is 5.96. The third-order valence-corrected chi connectivity index (χ3v) is 7.10. The lowest BCUT2D eigenvalue weighted by Gasteiger charge is -2.21.